The Bertz CT molecular complexity index is 532. The van der Waals surface area contributed by atoms with E-state index in [1.165, 1.54) is 18.4 Å². The quantitative estimate of drug-likeness (QED) is 0.771. The number of hydrogen-bond acceptors (Lipinski definition) is 4. The molecule has 2 aliphatic rings. The molecule has 3 rings (SSSR count). The Labute approximate surface area is 176 Å². The van der Waals surface area contributed by atoms with E-state index in [4.69, 9.17) is 0 Å². The lowest BCUT2D eigenvalue weighted by atomic mass is 10.0. The lowest BCUT2D eigenvalue weighted by Crippen LogP contribution is -2.48. The zero-order valence-electron chi connectivity index (χ0n) is 16.3. The summed E-state index contributed by atoms with van der Waals surface area (Å²) >= 11 is 0. The molecule has 1 aromatic carbocycles. The Morgan fingerprint density at radius 2 is 1.70 bits per heavy atom. The zero-order chi connectivity index (χ0) is 17.5. The highest BCUT2D eigenvalue weighted by Crippen LogP contribution is 2.18. The van der Waals surface area contributed by atoms with E-state index >= 15 is 0 Å². The fourth-order valence-corrected chi connectivity index (χ4v) is 3.89. The summed E-state index contributed by atoms with van der Waals surface area (Å²) in [7, 11) is 2.18. The van der Waals surface area contributed by atoms with E-state index in [0.29, 0.717) is 18.4 Å². The van der Waals surface area contributed by atoms with E-state index in [1.807, 2.05) is 4.90 Å². The number of halogens is 2. The van der Waals surface area contributed by atoms with Gasteiger partial charge in [-0.25, -0.2) is 0 Å². The molecule has 2 saturated heterocycles. The normalized spacial score (nSPS) is 18.7. The molecule has 0 aromatic heterocycles. The first-order valence-electron chi connectivity index (χ1n) is 9.67. The van der Waals surface area contributed by atoms with Gasteiger partial charge < -0.3 is 15.1 Å². The van der Waals surface area contributed by atoms with Gasteiger partial charge in [-0.15, -0.1) is 24.8 Å². The summed E-state index contributed by atoms with van der Waals surface area (Å²) in [6.45, 7) is 7.82. The lowest BCUT2D eigenvalue weighted by molar-refractivity contribution is -0.132. The van der Waals surface area contributed by atoms with Crippen LogP contribution < -0.4 is 5.32 Å². The molecule has 0 spiro atoms. The Morgan fingerprint density at radius 3 is 2.33 bits per heavy atom. The molecule has 0 saturated carbocycles. The molecule has 0 atom stereocenters. The number of carbonyl (C=O) groups is 1. The minimum Gasteiger partial charge on any atom is -0.340 e. The summed E-state index contributed by atoms with van der Waals surface area (Å²) in [5.41, 5.74) is 1.40. The van der Waals surface area contributed by atoms with Crippen molar-refractivity contribution in [1.29, 1.82) is 0 Å². The summed E-state index contributed by atoms with van der Waals surface area (Å²) in [4.78, 5) is 19.3. The lowest BCUT2D eigenvalue weighted by Gasteiger charge is -2.37. The van der Waals surface area contributed by atoms with Crippen molar-refractivity contribution in [2.45, 2.75) is 31.8 Å². The molecule has 5 nitrogen and oxygen atoms in total. The van der Waals surface area contributed by atoms with Crippen LogP contribution in [0.25, 0.3) is 0 Å². The summed E-state index contributed by atoms with van der Waals surface area (Å²) in [6.07, 6.45) is 3.05. The molecule has 27 heavy (non-hydrogen) atoms. The van der Waals surface area contributed by atoms with Crippen LogP contribution in [0, 0.1) is 0 Å². The van der Waals surface area contributed by atoms with Gasteiger partial charge in [0.2, 0.25) is 5.91 Å². The third-order valence-electron chi connectivity index (χ3n) is 5.58. The molecule has 0 aliphatic carbocycles. The number of benzene rings is 1. The largest absolute Gasteiger partial charge is 0.340 e. The summed E-state index contributed by atoms with van der Waals surface area (Å²) < 4.78 is 0. The van der Waals surface area contributed by atoms with Gasteiger partial charge in [0, 0.05) is 51.7 Å². The summed E-state index contributed by atoms with van der Waals surface area (Å²) in [5, 5.41) is 3.30. The smallest absolute Gasteiger partial charge is 0.223 e. The van der Waals surface area contributed by atoms with Crippen LogP contribution in [0.4, 0.5) is 0 Å². The molecule has 0 radical (unpaired) electrons. The number of likely N-dealkylation sites (tertiary alicyclic amines) is 1. The van der Waals surface area contributed by atoms with Crippen LogP contribution >= 0.6 is 24.8 Å². The van der Waals surface area contributed by atoms with Crippen LogP contribution in [0.1, 0.15) is 24.8 Å². The predicted octanol–water partition coefficient (Wildman–Crippen LogP) is 2.25. The molecule has 0 unspecified atom stereocenters. The highest BCUT2D eigenvalue weighted by atomic mass is 35.5. The first-order chi connectivity index (χ1) is 12.2. The molecule has 1 N–H and O–H groups in total. The second-order valence-corrected chi connectivity index (χ2v) is 7.35. The van der Waals surface area contributed by atoms with E-state index in [0.717, 1.165) is 52.4 Å². The second kappa shape index (κ2) is 12.6. The molecule has 2 aliphatic heterocycles. The number of hydrogen-bond donors (Lipinski definition) is 1. The van der Waals surface area contributed by atoms with Crippen molar-refractivity contribution < 1.29 is 4.79 Å². The van der Waals surface area contributed by atoms with Crippen LogP contribution in [0.5, 0.6) is 0 Å². The number of nitrogens with zero attached hydrogens (tertiary/aromatic N) is 3. The van der Waals surface area contributed by atoms with E-state index in [1.54, 1.807) is 0 Å². The molecule has 2 heterocycles. The van der Waals surface area contributed by atoms with Crippen LogP contribution in [-0.4, -0.2) is 79.5 Å². The van der Waals surface area contributed by atoms with E-state index < -0.39 is 0 Å². The van der Waals surface area contributed by atoms with Crippen molar-refractivity contribution in [2.75, 3.05) is 52.9 Å². The van der Waals surface area contributed by atoms with Gasteiger partial charge in [0.15, 0.2) is 0 Å². The molecule has 7 heteroatoms. The maximum Gasteiger partial charge on any atom is 0.223 e. The zero-order valence-corrected chi connectivity index (χ0v) is 17.9. The molecule has 1 aromatic rings. The fourth-order valence-electron chi connectivity index (χ4n) is 3.89. The third-order valence-corrected chi connectivity index (χ3v) is 5.58. The van der Waals surface area contributed by atoms with Crippen molar-refractivity contribution in [3.8, 4) is 0 Å². The van der Waals surface area contributed by atoms with Crippen LogP contribution in [-0.2, 0) is 11.3 Å². The highest BCUT2D eigenvalue weighted by molar-refractivity contribution is 5.85. The molecular formula is C20H34Cl2N4O. The van der Waals surface area contributed by atoms with Gasteiger partial charge in [0.05, 0.1) is 0 Å². The Balaban J connectivity index is 0.00000182. The molecular weight excluding hydrogens is 383 g/mol. The molecule has 0 bridgehead atoms. The minimum absolute atomic E-state index is 0. The number of rotatable bonds is 6. The number of piperidine rings is 1. The Morgan fingerprint density at radius 1 is 1.07 bits per heavy atom. The Kier molecular flexibility index (Phi) is 11.3. The number of piperazine rings is 1. The first kappa shape index (κ1) is 24.2. The molecule has 1 amide bonds. The SMILES string of the molecule is CN(CCC(=O)N1CCNCC1)C1CCN(Cc2ccccc2)CC1.Cl.Cl. The van der Waals surface area contributed by atoms with E-state index in [2.05, 4.69) is 52.5 Å². The van der Waals surface area contributed by atoms with Crippen molar-refractivity contribution in [2.24, 2.45) is 0 Å². The van der Waals surface area contributed by atoms with Crippen LogP contribution in [0.3, 0.4) is 0 Å². The summed E-state index contributed by atoms with van der Waals surface area (Å²) in [5.74, 6) is 0.315. The van der Waals surface area contributed by atoms with Gasteiger partial charge in [0.25, 0.3) is 0 Å². The van der Waals surface area contributed by atoms with Crippen LogP contribution in [0.15, 0.2) is 30.3 Å². The topological polar surface area (TPSA) is 38.8 Å². The minimum atomic E-state index is 0. The molecule has 2 fully saturated rings. The monoisotopic (exact) mass is 416 g/mol. The maximum absolute atomic E-state index is 12.3. The van der Waals surface area contributed by atoms with Gasteiger partial charge in [-0.2, -0.15) is 0 Å². The second-order valence-electron chi connectivity index (χ2n) is 7.35. The van der Waals surface area contributed by atoms with Crippen molar-refractivity contribution in [1.82, 2.24) is 20.0 Å². The van der Waals surface area contributed by atoms with Crippen molar-refractivity contribution in [3.05, 3.63) is 35.9 Å². The van der Waals surface area contributed by atoms with E-state index in [-0.39, 0.29) is 24.8 Å². The fraction of sp³-hybridized carbons (Fsp3) is 0.650. The third kappa shape index (κ3) is 7.59. The van der Waals surface area contributed by atoms with Gasteiger partial charge >= 0.3 is 0 Å². The van der Waals surface area contributed by atoms with Crippen LogP contribution in [0.2, 0.25) is 0 Å². The highest BCUT2D eigenvalue weighted by Gasteiger charge is 2.23. The number of amides is 1. The average Bonchev–Trinajstić information content (AvgIpc) is 2.68. The van der Waals surface area contributed by atoms with Gasteiger partial charge in [-0.05, 0) is 38.5 Å². The van der Waals surface area contributed by atoms with E-state index in [9.17, 15) is 4.79 Å². The maximum atomic E-state index is 12.3. The van der Waals surface area contributed by atoms with Gasteiger partial charge in [0.1, 0.15) is 0 Å². The van der Waals surface area contributed by atoms with Crippen molar-refractivity contribution >= 4 is 30.7 Å². The standard InChI is InChI=1S/C20H32N4O.2ClH/c1-22(12-9-20(25)24-15-10-21-11-16-24)19-7-13-23(14-8-19)17-18-5-3-2-4-6-18;;/h2-6,19,21H,7-17H2,1H3;2*1H. The summed E-state index contributed by atoms with van der Waals surface area (Å²) in [6, 6.07) is 11.3. The number of nitrogens with one attached hydrogen (secondary N) is 1. The Hall–Kier alpha value is -0.850. The first-order valence-corrected chi connectivity index (χ1v) is 9.67. The van der Waals surface area contributed by atoms with Gasteiger partial charge in [-0.1, -0.05) is 30.3 Å². The van der Waals surface area contributed by atoms with Gasteiger partial charge in [-0.3, -0.25) is 9.69 Å². The van der Waals surface area contributed by atoms with Crippen molar-refractivity contribution in [3.63, 3.8) is 0 Å². The average molecular weight is 417 g/mol. The predicted molar refractivity (Wildman–Crippen MR) is 116 cm³/mol. The molecule has 154 valence electrons. The number of carbonyl (C=O) groups excluding carboxylic acids is 1.